The molecule has 1 aliphatic heterocycles. The van der Waals surface area contributed by atoms with Crippen LogP contribution in [0.3, 0.4) is 0 Å². The minimum absolute atomic E-state index is 0.154. The second-order valence-corrected chi connectivity index (χ2v) is 4.49. The molecule has 2 rings (SSSR count). The minimum Gasteiger partial charge on any atom is -0.484 e. The molecule has 0 fully saturated rings. The maximum atomic E-state index is 12.2. The Balaban J connectivity index is 2.36. The molecule has 1 aliphatic rings. The zero-order valence-corrected chi connectivity index (χ0v) is 9.47. The van der Waals surface area contributed by atoms with Crippen LogP contribution in [0.5, 0.6) is 11.5 Å². The zero-order valence-electron chi connectivity index (χ0n) is 9.47. The fraction of sp³-hybridized carbons (Fsp3) is 0.417. The van der Waals surface area contributed by atoms with Gasteiger partial charge < -0.3 is 9.47 Å². The first-order chi connectivity index (χ1) is 7.77. The summed E-state index contributed by atoms with van der Waals surface area (Å²) in [6, 6.07) is 4.47. The minimum atomic E-state index is -4.71. The Labute approximate surface area is 97.3 Å². The van der Waals surface area contributed by atoms with E-state index in [1.54, 1.807) is 6.07 Å². The van der Waals surface area contributed by atoms with Crippen molar-refractivity contribution in [1.82, 2.24) is 0 Å². The summed E-state index contributed by atoms with van der Waals surface area (Å²) in [5, 5.41) is 0. The number of alkyl halides is 3. The lowest BCUT2D eigenvalue weighted by molar-refractivity contribution is -0.275. The molecule has 2 nitrogen and oxygen atoms in total. The lowest BCUT2D eigenvalue weighted by Crippen LogP contribution is -2.32. The van der Waals surface area contributed by atoms with Gasteiger partial charge in [0.05, 0.1) is 0 Å². The highest BCUT2D eigenvalue weighted by molar-refractivity contribution is 5.51. The van der Waals surface area contributed by atoms with Crippen LogP contribution >= 0.6 is 0 Å². The molecular formula is C12H12F3O2. The van der Waals surface area contributed by atoms with E-state index in [1.165, 1.54) is 12.1 Å². The number of hydrogen-bond donors (Lipinski definition) is 0. The van der Waals surface area contributed by atoms with Gasteiger partial charge in [0.25, 0.3) is 0 Å². The second kappa shape index (κ2) is 3.82. The number of ether oxygens (including phenoxy) is 2. The Morgan fingerprint density at radius 2 is 2.00 bits per heavy atom. The fourth-order valence-electron chi connectivity index (χ4n) is 1.68. The van der Waals surface area contributed by atoms with Gasteiger partial charge in [0.1, 0.15) is 5.60 Å². The smallest absolute Gasteiger partial charge is 0.484 e. The summed E-state index contributed by atoms with van der Waals surface area (Å²) < 4.78 is 46.1. The van der Waals surface area contributed by atoms with Crippen molar-refractivity contribution >= 4 is 0 Å². The lowest BCUT2D eigenvalue weighted by atomic mass is 9.94. The largest absolute Gasteiger partial charge is 0.573 e. The van der Waals surface area contributed by atoms with E-state index in [0.717, 1.165) is 0 Å². The Bertz CT molecular complexity index is 424. The standard InChI is InChI=1S/C12H12F3O2/c1-11(2)7-6-8-4-3-5-9(10(8)17-11)16-12(13,14)15/h3-6H,7H2,1-2H3. The molecule has 0 spiro atoms. The van der Waals surface area contributed by atoms with E-state index in [0.29, 0.717) is 12.0 Å². The highest BCUT2D eigenvalue weighted by Crippen LogP contribution is 2.42. The van der Waals surface area contributed by atoms with E-state index in [4.69, 9.17) is 4.74 Å². The Morgan fingerprint density at radius 1 is 1.29 bits per heavy atom. The van der Waals surface area contributed by atoms with Gasteiger partial charge in [0.2, 0.25) is 0 Å². The fourth-order valence-corrected chi connectivity index (χ4v) is 1.68. The van der Waals surface area contributed by atoms with Gasteiger partial charge in [-0.2, -0.15) is 0 Å². The van der Waals surface area contributed by atoms with Gasteiger partial charge in [-0.3, -0.25) is 0 Å². The normalized spacial score (nSPS) is 18.2. The Morgan fingerprint density at radius 3 is 2.65 bits per heavy atom. The molecule has 0 atom stereocenters. The molecule has 1 aromatic carbocycles. The number of halogens is 3. The number of rotatable bonds is 1. The van der Waals surface area contributed by atoms with E-state index in [9.17, 15) is 13.2 Å². The van der Waals surface area contributed by atoms with Crippen molar-refractivity contribution < 1.29 is 22.6 Å². The van der Waals surface area contributed by atoms with Crippen LogP contribution in [0.2, 0.25) is 0 Å². The summed E-state index contributed by atoms with van der Waals surface area (Å²) in [4.78, 5) is 0. The molecule has 0 N–H and O–H groups in total. The lowest BCUT2D eigenvalue weighted by Gasteiger charge is -2.33. The predicted octanol–water partition coefficient (Wildman–Crippen LogP) is 3.70. The summed E-state index contributed by atoms with van der Waals surface area (Å²) >= 11 is 0. The van der Waals surface area contributed by atoms with Crippen molar-refractivity contribution in [1.29, 1.82) is 0 Å². The first-order valence-electron chi connectivity index (χ1n) is 5.18. The van der Waals surface area contributed by atoms with E-state index in [-0.39, 0.29) is 11.5 Å². The van der Waals surface area contributed by atoms with Crippen LogP contribution < -0.4 is 9.47 Å². The molecule has 93 valence electrons. The van der Waals surface area contributed by atoms with Crippen LogP contribution in [0.4, 0.5) is 13.2 Å². The number of hydrogen-bond acceptors (Lipinski definition) is 2. The van der Waals surface area contributed by atoms with E-state index < -0.39 is 12.0 Å². The predicted molar refractivity (Wildman–Crippen MR) is 55.9 cm³/mol. The highest BCUT2D eigenvalue weighted by atomic mass is 19.4. The molecule has 1 radical (unpaired) electrons. The Kier molecular flexibility index (Phi) is 2.72. The van der Waals surface area contributed by atoms with Crippen molar-refractivity contribution in [3.05, 3.63) is 30.2 Å². The highest BCUT2D eigenvalue weighted by Gasteiger charge is 2.35. The molecular weight excluding hydrogens is 233 g/mol. The van der Waals surface area contributed by atoms with Gasteiger partial charge in [-0.1, -0.05) is 12.1 Å². The molecule has 1 aromatic rings. The number of benzene rings is 1. The molecule has 5 heteroatoms. The van der Waals surface area contributed by atoms with Crippen LogP contribution in [-0.4, -0.2) is 12.0 Å². The van der Waals surface area contributed by atoms with Crippen LogP contribution in [0.25, 0.3) is 0 Å². The molecule has 0 unspecified atom stereocenters. The molecule has 17 heavy (non-hydrogen) atoms. The Hall–Kier alpha value is -1.39. The van der Waals surface area contributed by atoms with E-state index >= 15 is 0 Å². The molecule has 0 aliphatic carbocycles. The summed E-state index contributed by atoms with van der Waals surface area (Å²) in [6.45, 7) is 3.63. The molecule has 0 saturated heterocycles. The molecule has 0 aromatic heterocycles. The molecule has 1 heterocycles. The zero-order chi connectivity index (χ0) is 12.7. The van der Waals surface area contributed by atoms with Crippen molar-refractivity contribution in [2.45, 2.75) is 32.2 Å². The van der Waals surface area contributed by atoms with Gasteiger partial charge >= 0.3 is 6.36 Å². The number of fused-ring (bicyclic) bond motifs is 1. The quantitative estimate of drug-likeness (QED) is 0.751. The monoisotopic (exact) mass is 245 g/mol. The summed E-state index contributed by atoms with van der Waals surface area (Å²) in [5.74, 6) is -0.139. The second-order valence-electron chi connectivity index (χ2n) is 4.49. The summed E-state index contributed by atoms with van der Waals surface area (Å²) in [6.07, 6.45) is -2.21. The maximum Gasteiger partial charge on any atom is 0.573 e. The van der Waals surface area contributed by atoms with Crippen LogP contribution in [-0.2, 0) is 0 Å². The van der Waals surface area contributed by atoms with Crippen molar-refractivity contribution in [3.63, 3.8) is 0 Å². The first kappa shape index (κ1) is 12.1. The van der Waals surface area contributed by atoms with Crippen molar-refractivity contribution in [3.8, 4) is 11.5 Å². The van der Waals surface area contributed by atoms with Gasteiger partial charge in [-0.15, -0.1) is 13.2 Å². The SMILES string of the molecule is CC1(C)C[CH]c2cccc(OC(F)(F)F)c2O1. The van der Waals surface area contributed by atoms with Gasteiger partial charge in [-0.25, -0.2) is 0 Å². The molecule has 0 amide bonds. The van der Waals surface area contributed by atoms with Crippen LogP contribution in [0, 0.1) is 6.42 Å². The van der Waals surface area contributed by atoms with Crippen LogP contribution in [0.15, 0.2) is 18.2 Å². The van der Waals surface area contributed by atoms with Gasteiger partial charge in [0.15, 0.2) is 11.5 Å². The summed E-state index contributed by atoms with van der Waals surface area (Å²) in [7, 11) is 0. The first-order valence-corrected chi connectivity index (χ1v) is 5.18. The average Bonchev–Trinajstić information content (AvgIpc) is 2.16. The third kappa shape index (κ3) is 2.84. The van der Waals surface area contributed by atoms with Gasteiger partial charge in [0, 0.05) is 5.56 Å². The average molecular weight is 245 g/mol. The van der Waals surface area contributed by atoms with E-state index in [1.807, 2.05) is 20.3 Å². The van der Waals surface area contributed by atoms with Crippen molar-refractivity contribution in [2.24, 2.45) is 0 Å². The maximum absolute atomic E-state index is 12.2. The van der Waals surface area contributed by atoms with Crippen LogP contribution in [0.1, 0.15) is 25.8 Å². The summed E-state index contributed by atoms with van der Waals surface area (Å²) in [5.41, 5.74) is 0.115. The van der Waals surface area contributed by atoms with E-state index in [2.05, 4.69) is 4.74 Å². The third-order valence-corrected chi connectivity index (χ3v) is 2.43. The third-order valence-electron chi connectivity index (χ3n) is 2.43. The number of para-hydroxylation sites is 1. The molecule has 0 bridgehead atoms. The van der Waals surface area contributed by atoms with Gasteiger partial charge in [-0.05, 0) is 32.8 Å². The topological polar surface area (TPSA) is 18.5 Å². The van der Waals surface area contributed by atoms with Crippen molar-refractivity contribution in [2.75, 3.05) is 0 Å². The molecule has 0 saturated carbocycles.